The highest BCUT2D eigenvalue weighted by Gasteiger charge is 2.25. The quantitative estimate of drug-likeness (QED) is 0.587. The Morgan fingerprint density at radius 2 is 2.06 bits per heavy atom. The minimum Gasteiger partial charge on any atom is -0.381 e. The van der Waals surface area contributed by atoms with Crippen LogP contribution in [0.5, 0.6) is 0 Å². The average Bonchev–Trinajstić information content (AvgIpc) is 3.15. The zero-order valence-corrected chi connectivity index (χ0v) is 19.5. The van der Waals surface area contributed by atoms with Crippen LogP contribution in [0.25, 0.3) is 5.65 Å². The summed E-state index contributed by atoms with van der Waals surface area (Å²) in [5, 5.41) is 8.54. The molecular weight excluding hydrogens is 417 g/mol. The smallest absolute Gasteiger partial charge is 0.159 e. The second kappa shape index (κ2) is 10.3. The number of nitrogens with zero attached hydrogens (tertiary/aromatic N) is 4. The number of hydrogen-bond acceptors (Lipinski definition) is 5. The fraction of sp³-hybridized carbons (Fsp3) is 0.538. The maximum absolute atomic E-state index is 13.6. The van der Waals surface area contributed by atoms with Gasteiger partial charge in [0.1, 0.15) is 5.82 Å². The number of aryl methyl sites for hydroxylation is 1. The average molecular weight is 452 g/mol. The summed E-state index contributed by atoms with van der Waals surface area (Å²) < 4.78 is 21.2. The molecule has 2 saturated heterocycles. The molecule has 0 amide bonds. The highest BCUT2D eigenvalue weighted by Crippen LogP contribution is 2.29. The Morgan fingerprint density at radius 3 is 2.91 bits per heavy atom. The van der Waals surface area contributed by atoms with Gasteiger partial charge in [0.2, 0.25) is 0 Å². The van der Waals surface area contributed by atoms with E-state index in [9.17, 15) is 4.39 Å². The van der Waals surface area contributed by atoms with Gasteiger partial charge in [-0.1, -0.05) is 12.1 Å². The Balaban J connectivity index is 1.29. The molecule has 0 spiro atoms. The van der Waals surface area contributed by atoms with Crippen molar-refractivity contribution in [3.63, 3.8) is 0 Å². The first-order chi connectivity index (χ1) is 16.2. The van der Waals surface area contributed by atoms with Crippen LogP contribution in [-0.2, 0) is 17.8 Å². The van der Waals surface area contributed by atoms with Gasteiger partial charge in [-0.05, 0) is 75.4 Å². The number of likely N-dealkylation sites (tertiary alicyclic amines) is 1. The van der Waals surface area contributed by atoms with E-state index < -0.39 is 0 Å². The third-order valence-corrected chi connectivity index (χ3v) is 7.14. The highest BCUT2D eigenvalue weighted by molar-refractivity contribution is 5.50. The molecule has 7 heteroatoms. The van der Waals surface area contributed by atoms with E-state index in [1.165, 1.54) is 17.3 Å². The summed E-state index contributed by atoms with van der Waals surface area (Å²) in [6.45, 7) is 8.42. The molecule has 1 atom stereocenters. The van der Waals surface area contributed by atoms with Gasteiger partial charge in [-0.2, -0.15) is 5.10 Å². The molecule has 2 aliphatic heterocycles. The maximum atomic E-state index is 13.6. The molecule has 0 saturated carbocycles. The molecule has 176 valence electrons. The summed E-state index contributed by atoms with van der Waals surface area (Å²) >= 11 is 0. The van der Waals surface area contributed by atoms with Gasteiger partial charge in [0.25, 0.3) is 0 Å². The second-order valence-corrected chi connectivity index (χ2v) is 9.56. The van der Waals surface area contributed by atoms with Crippen LogP contribution in [0.4, 0.5) is 4.39 Å². The van der Waals surface area contributed by atoms with E-state index in [-0.39, 0.29) is 5.82 Å². The van der Waals surface area contributed by atoms with E-state index >= 15 is 0 Å². The third kappa shape index (κ3) is 5.26. The number of piperidine rings is 1. The lowest BCUT2D eigenvalue weighted by atomic mass is 9.94. The maximum Gasteiger partial charge on any atom is 0.159 e. The van der Waals surface area contributed by atoms with Crippen LogP contribution >= 0.6 is 0 Å². The standard InChI is InChI=1S/C26H34FN5O/c1-19-24(16-28-15-20-8-12-33-13-9-20)26-29-10-7-25(32(26)30-19)22-5-3-11-31(18-22)17-21-4-2-6-23(27)14-21/h2,4,6-7,10,14,20,22,28H,3,5,8-9,11-13,15-18H2,1H3. The molecule has 2 aromatic heterocycles. The lowest BCUT2D eigenvalue weighted by molar-refractivity contribution is 0.0662. The second-order valence-electron chi connectivity index (χ2n) is 9.56. The molecule has 1 unspecified atom stereocenters. The Bertz CT molecular complexity index is 1080. The van der Waals surface area contributed by atoms with E-state index in [2.05, 4.69) is 27.7 Å². The molecule has 3 aromatic rings. The number of aromatic nitrogens is 3. The first kappa shape index (κ1) is 22.4. The van der Waals surface area contributed by atoms with E-state index in [4.69, 9.17) is 14.8 Å². The van der Waals surface area contributed by atoms with Crippen LogP contribution in [0.2, 0.25) is 0 Å². The normalized spacial score (nSPS) is 20.5. The fourth-order valence-electron chi connectivity index (χ4n) is 5.32. The van der Waals surface area contributed by atoms with Gasteiger partial charge in [0, 0.05) is 50.5 Å². The summed E-state index contributed by atoms with van der Waals surface area (Å²) in [6.07, 6.45) is 6.46. The number of hydrogen-bond donors (Lipinski definition) is 1. The Kier molecular flexibility index (Phi) is 6.99. The summed E-state index contributed by atoms with van der Waals surface area (Å²) in [5.41, 5.74) is 5.45. The number of benzene rings is 1. The van der Waals surface area contributed by atoms with Crippen molar-refractivity contribution in [1.29, 1.82) is 0 Å². The molecule has 1 N–H and O–H groups in total. The van der Waals surface area contributed by atoms with Gasteiger partial charge >= 0.3 is 0 Å². The molecule has 2 fully saturated rings. The molecular formula is C26H34FN5O. The van der Waals surface area contributed by atoms with Gasteiger partial charge in [-0.25, -0.2) is 13.9 Å². The molecule has 2 aliphatic rings. The van der Waals surface area contributed by atoms with E-state index in [0.29, 0.717) is 11.8 Å². The first-order valence-electron chi connectivity index (χ1n) is 12.3. The summed E-state index contributed by atoms with van der Waals surface area (Å²) in [4.78, 5) is 7.14. The zero-order valence-electron chi connectivity index (χ0n) is 19.5. The molecule has 5 rings (SSSR count). The number of fused-ring (bicyclic) bond motifs is 1. The van der Waals surface area contributed by atoms with Crippen molar-refractivity contribution in [3.05, 3.63) is 64.9 Å². The van der Waals surface area contributed by atoms with Crippen molar-refractivity contribution in [2.45, 2.75) is 51.6 Å². The molecule has 0 radical (unpaired) electrons. The van der Waals surface area contributed by atoms with Crippen LogP contribution in [0, 0.1) is 18.7 Å². The van der Waals surface area contributed by atoms with Gasteiger partial charge in [-0.15, -0.1) is 0 Å². The van der Waals surface area contributed by atoms with Crippen molar-refractivity contribution in [2.75, 3.05) is 32.8 Å². The predicted octanol–water partition coefficient (Wildman–Crippen LogP) is 4.07. The van der Waals surface area contributed by atoms with E-state index in [1.807, 2.05) is 12.3 Å². The lowest BCUT2D eigenvalue weighted by Gasteiger charge is -2.33. The molecule has 0 aliphatic carbocycles. The highest BCUT2D eigenvalue weighted by atomic mass is 19.1. The van der Waals surface area contributed by atoms with E-state index in [1.54, 1.807) is 12.1 Å². The van der Waals surface area contributed by atoms with Crippen LogP contribution in [0.15, 0.2) is 36.5 Å². The van der Waals surface area contributed by atoms with Crippen LogP contribution < -0.4 is 5.32 Å². The molecule has 1 aromatic carbocycles. The zero-order chi connectivity index (χ0) is 22.6. The number of rotatable bonds is 7. The van der Waals surface area contributed by atoms with Crippen LogP contribution in [0.3, 0.4) is 0 Å². The predicted molar refractivity (Wildman–Crippen MR) is 127 cm³/mol. The van der Waals surface area contributed by atoms with Gasteiger partial charge in [0.05, 0.1) is 11.4 Å². The molecule has 4 heterocycles. The lowest BCUT2D eigenvalue weighted by Crippen LogP contribution is -2.34. The summed E-state index contributed by atoms with van der Waals surface area (Å²) in [5.74, 6) is 0.915. The molecule has 6 nitrogen and oxygen atoms in total. The summed E-state index contributed by atoms with van der Waals surface area (Å²) in [6, 6.07) is 9.07. The summed E-state index contributed by atoms with van der Waals surface area (Å²) in [7, 11) is 0. The van der Waals surface area contributed by atoms with Crippen LogP contribution in [-0.4, -0.2) is 52.3 Å². The van der Waals surface area contributed by atoms with Crippen molar-refractivity contribution in [3.8, 4) is 0 Å². The largest absolute Gasteiger partial charge is 0.381 e. The first-order valence-corrected chi connectivity index (χ1v) is 12.3. The van der Waals surface area contributed by atoms with Crippen molar-refractivity contribution in [2.24, 2.45) is 5.92 Å². The number of nitrogens with one attached hydrogen (secondary N) is 1. The topological polar surface area (TPSA) is 54.7 Å². The minimum absolute atomic E-state index is 0.165. The van der Waals surface area contributed by atoms with Crippen LogP contribution in [0.1, 0.15) is 54.1 Å². The minimum atomic E-state index is -0.165. The molecule has 33 heavy (non-hydrogen) atoms. The van der Waals surface area contributed by atoms with E-state index in [0.717, 1.165) is 88.5 Å². The SMILES string of the molecule is Cc1nn2c(C3CCCN(Cc4cccc(F)c4)C3)ccnc2c1CNCC1CCOCC1. The van der Waals surface area contributed by atoms with Gasteiger partial charge in [-0.3, -0.25) is 4.90 Å². The Morgan fingerprint density at radius 1 is 1.18 bits per heavy atom. The Hall–Kier alpha value is -2.35. The Labute approximate surface area is 195 Å². The fourth-order valence-corrected chi connectivity index (χ4v) is 5.32. The molecule has 0 bridgehead atoms. The van der Waals surface area contributed by atoms with Crippen molar-refractivity contribution >= 4 is 5.65 Å². The van der Waals surface area contributed by atoms with Gasteiger partial charge < -0.3 is 10.1 Å². The number of ether oxygens (including phenoxy) is 1. The number of halogens is 1. The monoisotopic (exact) mass is 451 g/mol. The van der Waals surface area contributed by atoms with Crippen molar-refractivity contribution < 1.29 is 9.13 Å². The van der Waals surface area contributed by atoms with Gasteiger partial charge in [0.15, 0.2) is 5.65 Å². The third-order valence-electron chi connectivity index (χ3n) is 7.14. The van der Waals surface area contributed by atoms with Crippen molar-refractivity contribution in [1.82, 2.24) is 24.8 Å².